The highest BCUT2D eigenvalue weighted by molar-refractivity contribution is 6.06. The minimum atomic E-state index is -0.0710. The SMILES string of the molecule is CC1(C)c2ccccc2-c2cc(-c3cc(-c4cc(-c5ccc(-c6ccccc6)cc5)cc(-c5ccc6oc7ccccc7c6c5)c4)nc(-c4ccccc4)n3)ccc21. The third-order valence-corrected chi connectivity index (χ3v) is 11.9. The van der Waals surface area contributed by atoms with Crippen LogP contribution in [0.5, 0.6) is 0 Å². The predicted octanol–water partition coefficient (Wildman–Crippen LogP) is 14.7. The number of furan rings is 1. The molecule has 0 fully saturated rings. The van der Waals surface area contributed by atoms with Gasteiger partial charge in [0.1, 0.15) is 11.2 Å². The molecular formula is C55H38N2O. The second-order valence-corrected chi connectivity index (χ2v) is 15.8. The monoisotopic (exact) mass is 742 g/mol. The molecular weight excluding hydrogens is 705 g/mol. The number of fused-ring (bicyclic) bond motifs is 6. The second-order valence-electron chi connectivity index (χ2n) is 15.8. The van der Waals surface area contributed by atoms with Gasteiger partial charge in [0, 0.05) is 32.9 Å². The van der Waals surface area contributed by atoms with Gasteiger partial charge in [0.25, 0.3) is 0 Å². The van der Waals surface area contributed by atoms with Crippen LogP contribution in [0.3, 0.4) is 0 Å². The highest BCUT2D eigenvalue weighted by Crippen LogP contribution is 2.49. The van der Waals surface area contributed by atoms with Gasteiger partial charge in [-0.25, -0.2) is 9.97 Å². The van der Waals surface area contributed by atoms with Gasteiger partial charge in [0.15, 0.2) is 5.82 Å². The molecule has 3 nitrogen and oxygen atoms in total. The van der Waals surface area contributed by atoms with Gasteiger partial charge < -0.3 is 4.42 Å². The van der Waals surface area contributed by atoms with E-state index in [2.05, 4.69) is 178 Å². The Balaban J connectivity index is 1.10. The molecule has 1 aliphatic carbocycles. The van der Waals surface area contributed by atoms with Crippen molar-refractivity contribution in [2.45, 2.75) is 19.3 Å². The average Bonchev–Trinajstić information content (AvgIpc) is 3.77. The van der Waals surface area contributed by atoms with Gasteiger partial charge in [-0.2, -0.15) is 0 Å². The van der Waals surface area contributed by atoms with Crippen LogP contribution in [-0.4, -0.2) is 9.97 Å². The summed E-state index contributed by atoms with van der Waals surface area (Å²) >= 11 is 0. The Kier molecular flexibility index (Phi) is 7.84. The number of benzene rings is 8. The summed E-state index contributed by atoms with van der Waals surface area (Å²) in [5.41, 5.74) is 18.6. The summed E-state index contributed by atoms with van der Waals surface area (Å²) in [5.74, 6) is 0.694. The molecule has 2 heterocycles. The Morgan fingerprint density at radius 1 is 0.345 bits per heavy atom. The number of aromatic nitrogens is 2. The molecule has 3 heteroatoms. The maximum atomic E-state index is 6.23. The van der Waals surface area contributed by atoms with Gasteiger partial charge in [-0.15, -0.1) is 0 Å². The molecule has 11 rings (SSSR count). The quantitative estimate of drug-likeness (QED) is 0.170. The smallest absolute Gasteiger partial charge is 0.160 e. The van der Waals surface area contributed by atoms with Crippen molar-refractivity contribution in [3.8, 4) is 78.4 Å². The summed E-state index contributed by atoms with van der Waals surface area (Å²) in [6.07, 6.45) is 0. The zero-order chi connectivity index (χ0) is 38.8. The number of rotatable bonds is 6. The lowest BCUT2D eigenvalue weighted by Gasteiger charge is -2.21. The van der Waals surface area contributed by atoms with Crippen LogP contribution in [0, 0.1) is 0 Å². The van der Waals surface area contributed by atoms with E-state index < -0.39 is 0 Å². The molecule has 0 N–H and O–H groups in total. The normalized spacial score (nSPS) is 12.8. The molecule has 0 aliphatic heterocycles. The van der Waals surface area contributed by atoms with Crippen LogP contribution in [-0.2, 0) is 5.41 Å². The van der Waals surface area contributed by atoms with E-state index in [9.17, 15) is 0 Å². The number of para-hydroxylation sites is 1. The van der Waals surface area contributed by atoms with Crippen molar-refractivity contribution in [2.24, 2.45) is 0 Å². The van der Waals surface area contributed by atoms with Crippen LogP contribution in [0.4, 0.5) is 0 Å². The first kappa shape index (κ1) is 33.9. The molecule has 274 valence electrons. The van der Waals surface area contributed by atoms with Crippen molar-refractivity contribution in [3.05, 3.63) is 205 Å². The van der Waals surface area contributed by atoms with Crippen molar-refractivity contribution in [3.63, 3.8) is 0 Å². The van der Waals surface area contributed by atoms with Crippen molar-refractivity contribution in [1.29, 1.82) is 0 Å². The Hall–Kier alpha value is -7.36. The summed E-state index contributed by atoms with van der Waals surface area (Å²) < 4.78 is 6.23. The van der Waals surface area contributed by atoms with Crippen LogP contribution < -0.4 is 0 Å². The van der Waals surface area contributed by atoms with E-state index in [1.165, 1.54) is 33.4 Å². The first-order valence-corrected chi connectivity index (χ1v) is 19.9. The molecule has 2 aromatic heterocycles. The number of hydrogen-bond donors (Lipinski definition) is 0. The molecule has 0 saturated carbocycles. The van der Waals surface area contributed by atoms with Gasteiger partial charge in [0.05, 0.1) is 11.4 Å². The molecule has 1 aliphatic rings. The van der Waals surface area contributed by atoms with E-state index in [0.29, 0.717) is 5.82 Å². The number of nitrogens with zero attached hydrogens (tertiary/aromatic N) is 2. The van der Waals surface area contributed by atoms with Crippen molar-refractivity contribution in [2.75, 3.05) is 0 Å². The van der Waals surface area contributed by atoms with Crippen LogP contribution >= 0.6 is 0 Å². The van der Waals surface area contributed by atoms with E-state index >= 15 is 0 Å². The van der Waals surface area contributed by atoms with E-state index in [4.69, 9.17) is 14.4 Å². The largest absolute Gasteiger partial charge is 0.456 e. The molecule has 8 aromatic carbocycles. The van der Waals surface area contributed by atoms with Crippen LogP contribution in [0.1, 0.15) is 25.0 Å². The van der Waals surface area contributed by atoms with Crippen LogP contribution in [0.25, 0.3) is 100 Å². The summed E-state index contributed by atoms with van der Waals surface area (Å²) in [6.45, 7) is 4.64. The Morgan fingerprint density at radius 2 is 0.879 bits per heavy atom. The minimum Gasteiger partial charge on any atom is -0.456 e. The van der Waals surface area contributed by atoms with E-state index in [1.807, 2.05) is 30.3 Å². The topological polar surface area (TPSA) is 38.9 Å². The van der Waals surface area contributed by atoms with Gasteiger partial charge in [-0.1, -0.05) is 159 Å². The summed E-state index contributed by atoms with van der Waals surface area (Å²) in [7, 11) is 0. The van der Waals surface area contributed by atoms with Crippen LogP contribution in [0.15, 0.2) is 199 Å². The Morgan fingerprint density at radius 3 is 1.66 bits per heavy atom. The van der Waals surface area contributed by atoms with Gasteiger partial charge >= 0.3 is 0 Å². The Labute approximate surface area is 338 Å². The summed E-state index contributed by atoms with van der Waals surface area (Å²) in [4.78, 5) is 10.6. The first-order chi connectivity index (χ1) is 28.5. The zero-order valence-corrected chi connectivity index (χ0v) is 32.3. The molecule has 0 radical (unpaired) electrons. The minimum absolute atomic E-state index is 0.0710. The third-order valence-electron chi connectivity index (χ3n) is 11.9. The third kappa shape index (κ3) is 5.74. The molecule has 0 saturated heterocycles. The Bertz CT molecular complexity index is 3180. The van der Waals surface area contributed by atoms with Crippen LogP contribution in [0.2, 0.25) is 0 Å². The molecule has 10 aromatic rings. The van der Waals surface area contributed by atoms with Gasteiger partial charge in [0.2, 0.25) is 0 Å². The van der Waals surface area contributed by atoms with Crippen molar-refractivity contribution in [1.82, 2.24) is 9.97 Å². The zero-order valence-electron chi connectivity index (χ0n) is 32.3. The van der Waals surface area contributed by atoms with E-state index in [0.717, 1.165) is 72.3 Å². The molecule has 58 heavy (non-hydrogen) atoms. The maximum absolute atomic E-state index is 6.23. The summed E-state index contributed by atoms with van der Waals surface area (Å²) in [6, 6.07) is 69.1. The predicted molar refractivity (Wildman–Crippen MR) is 239 cm³/mol. The lowest BCUT2D eigenvalue weighted by molar-refractivity contribution is 0.660. The summed E-state index contributed by atoms with van der Waals surface area (Å²) in [5, 5.41) is 2.21. The highest BCUT2D eigenvalue weighted by atomic mass is 16.3. The lowest BCUT2D eigenvalue weighted by atomic mass is 9.82. The fraction of sp³-hybridized carbons (Fsp3) is 0.0545. The fourth-order valence-corrected chi connectivity index (χ4v) is 8.84. The number of hydrogen-bond acceptors (Lipinski definition) is 3. The molecule has 0 spiro atoms. The van der Waals surface area contributed by atoms with Gasteiger partial charge in [-0.05, 0) is 104 Å². The molecule has 0 atom stereocenters. The lowest BCUT2D eigenvalue weighted by Crippen LogP contribution is -2.14. The second kappa shape index (κ2) is 13.4. The van der Waals surface area contributed by atoms with E-state index in [1.54, 1.807) is 0 Å². The molecule has 0 unspecified atom stereocenters. The first-order valence-electron chi connectivity index (χ1n) is 19.9. The maximum Gasteiger partial charge on any atom is 0.160 e. The molecule has 0 bridgehead atoms. The molecule has 0 amide bonds. The van der Waals surface area contributed by atoms with Gasteiger partial charge in [-0.3, -0.25) is 0 Å². The van der Waals surface area contributed by atoms with E-state index in [-0.39, 0.29) is 5.41 Å². The standard InChI is InChI=1S/C55H38N2O/c1-55(2)48-19-11-9-17-44(48)46-33-40(25-27-49(46)55)50-34-51(57-54(56-50)38-15-7-4-8-16-38)43-30-41(37-23-21-36(22-24-37)35-13-5-3-6-14-35)29-42(31-43)39-26-28-53-47(32-39)45-18-10-12-20-52(45)58-53/h3-34H,1-2H3. The van der Waals surface area contributed by atoms with Crippen molar-refractivity contribution < 1.29 is 4.42 Å². The van der Waals surface area contributed by atoms with Crippen molar-refractivity contribution >= 4 is 21.9 Å². The fourth-order valence-electron chi connectivity index (χ4n) is 8.84. The average molecular weight is 743 g/mol. The highest BCUT2D eigenvalue weighted by Gasteiger charge is 2.35.